The van der Waals surface area contributed by atoms with E-state index in [1.54, 1.807) is 6.07 Å². The molecule has 2 nitrogen and oxygen atoms in total. The Morgan fingerprint density at radius 2 is 1.50 bits per heavy atom. The molecule has 0 radical (unpaired) electrons. The lowest BCUT2D eigenvalue weighted by Gasteiger charge is -2.18. The van der Waals surface area contributed by atoms with Gasteiger partial charge in [-0.2, -0.15) is 0 Å². The number of rotatable bonds is 6. The van der Waals surface area contributed by atoms with Crippen LogP contribution in [0.2, 0.25) is 0 Å². The molecule has 0 aliphatic rings. The molecule has 3 rings (SSSR count). The van der Waals surface area contributed by atoms with E-state index >= 15 is 0 Å². The molecule has 0 unspecified atom stereocenters. The van der Waals surface area contributed by atoms with Crippen molar-refractivity contribution in [2.75, 3.05) is 5.32 Å². The summed E-state index contributed by atoms with van der Waals surface area (Å²) in [4.78, 5) is 12.7. The van der Waals surface area contributed by atoms with E-state index < -0.39 is 0 Å². The van der Waals surface area contributed by atoms with E-state index in [9.17, 15) is 9.18 Å². The Kier molecular flexibility index (Phi) is 5.80. The number of halogens is 1. The van der Waals surface area contributed by atoms with Crippen LogP contribution in [0.1, 0.15) is 36.0 Å². The minimum absolute atomic E-state index is 0.0251. The molecule has 0 aliphatic heterocycles. The van der Waals surface area contributed by atoms with Gasteiger partial charge in [0, 0.05) is 18.0 Å². The molecule has 0 bridgehead atoms. The van der Waals surface area contributed by atoms with Gasteiger partial charge in [-0.05, 0) is 41.3 Å². The minimum Gasteiger partial charge on any atom is -0.326 e. The third kappa shape index (κ3) is 4.37. The first-order chi connectivity index (χ1) is 12.7. The van der Waals surface area contributed by atoms with Crippen LogP contribution in [0.15, 0.2) is 78.9 Å². The summed E-state index contributed by atoms with van der Waals surface area (Å²) < 4.78 is 13.4. The number of benzene rings is 3. The highest BCUT2D eigenvalue weighted by molar-refractivity contribution is 5.92. The molecule has 0 heterocycles. The number of hydrogen-bond donors (Lipinski definition) is 1. The van der Waals surface area contributed by atoms with Gasteiger partial charge in [0.15, 0.2) is 0 Å². The van der Waals surface area contributed by atoms with Crippen molar-refractivity contribution < 1.29 is 9.18 Å². The van der Waals surface area contributed by atoms with Crippen LogP contribution in [-0.2, 0) is 11.2 Å². The first-order valence-corrected chi connectivity index (χ1v) is 8.85. The van der Waals surface area contributed by atoms with E-state index in [1.165, 1.54) is 12.1 Å². The summed E-state index contributed by atoms with van der Waals surface area (Å²) in [5, 5.41) is 2.95. The van der Waals surface area contributed by atoms with E-state index in [-0.39, 0.29) is 17.6 Å². The fourth-order valence-electron chi connectivity index (χ4n) is 3.16. The van der Waals surface area contributed by atoms with Crippen LogP contribution in [0, 0.1) is 5.82 Å². The van der Waals surface area contributed by atoms with Crippen molar-refractivity contribution in [3.63, 3.8) is 0 Å². The van der Waals surface area contributed by atoms with Gasteiger partial charge in [-0.3, -0.25) is 4.79 Å². The molecular formula is C23H22FNO. The zero-order valence-electron chi connectivity index (χ0n) is 14.8. The Labute approximate surface area is 153 Å². The molecule has 0 saturated carbocycles. The lowest BCUT2D eigenvalue weighted by atomic mass is 9.88. The van der Waals surface area contributed by atoms with Gasteiger partial charge in [0.2, 0.25) is 5.91 Å². The molecule has 0 atom stereocenters. The first-order valence-electron chi connectivity index (χ1n) is 8.85. The van der Waals surface area contributed by atoms with Crippen molar-refractivity contribution in [2.24, 2.45) is 0 Å². The maximum Gasteiger partial charge on any atom is 0.225 e. The SMILES string of the molecule is CCc1cc(F)ccc1NC(=O)CC(c1ccccc1)c1ccccc1. The van der Waals surface area contributed by atoms with E-state index in [0.29, 0.717) is 18.5 Å². The van der Waals surface area contributed by atoms with Crippen molar-refractivity contribution >= 4 is 11.6 Å². The van der Waals surface area contributed by atoms with Crippen LogP contribution in [0.5, 0.6) is 0 Å². The van der Waals surface area contributed by atoms with Crippen molar-refractivity contribution in [3.8, 4) is 0 Å². The second kappa shape index (κ2) is 8.43. The fourth-order valence-corrected chi connectivity index (χ4v) is 3.16. The summed E-state index contributed by atoms with van der Waals surface area (Å²) >= 11 is 0. The first kappa shape index (κ1) is 17.9. The molecule has 3 heteroatoms. The minimum atomic E-state index is -0.286. The smallest absolute Gasteiger partial charge is 0.225 e. The predicted octanol–water partition coefficient (Wildman–Crippen LogP) is 5.55. The van der Waals surface area contributed by atoms with Crippen molar-refractivity contribution in [1.29, 1.82) is 0 Å². The summed E-state index contributed by atoms with van der Waals surface area (Å²) in [7, 11) is 0. The number of carbonyl (C=O) groups excluding carboxylic acids is 1. The van der Waals surface area contributed by atoms with Gasteiger partial charge in [0.05, 0.1) is 0 Å². The normalized spacial score (nSPS) is 10.7. The molecule has 0 aliphatic carbocycles. The summed E-state index contributed by atoms with van der Waals surface area (Å²) in [5.74, 6) is -0.391. The van der Waals surface area contributed by atoms with Gasteiger partial charge in [-0.25, -0.2) is 4.39 Å². The lowest BCUT2D eigenvalue weighted by Crippen LogP contribution is -2.17. The molecule has 3 aromatic carbocycles. The second-order valence-electron chi connectivity index (χ2n) is 6.28. The number of hydrogen-bond acceptors (Lipinski definition) is 1. The van der Waals surface area contributed by atoms with Crippen molar-refractivity contribution in [3.05, 3.63) is 101 Å². The Hall–Kier alpha value is -2.94. The van der Waals surface area contributed by atoms with E-state index in [0.717, 1.165) is 16.7 Å². The number of amides is 1. The predicted molar refractivity (Wildman–Crippen MR) is 104 cm³/mol. The quantitative estimate of drug-likeness (QED) is 0.622. The van der Waals surface area contributed by atoms with Gasteiger partial charge in [-0.1, -0.05) is 67.6 Å². The zero-order valence-corrected chi connectivity index (χ0v) is 14.8. The Bertz CT molecular complexity index is 822. The Morgan fingerprint density at radius 1 is 0.923 bits per heavy atom. The molecule has 1 amide bonds. The lowest BCUT2D eigenvalue weighted by molar-refractivity contribution is -0.116. The highest BCUT2D eigenvalue weighted by atomic mass is 19.1. The third-order valence-electron chi connectivity index (χ3n) is 4.52. The Morgan fingerprint density at radius 3 is 2.04 bits per heavy atom. The van der Waals surface area contributed by atoms with E-state index in [2.05, 4.69) is 5.32 Å². The number of nitrogens with one attached hydrogen (secondary N) is 1. The molecule has 3 aromatic rings. The van der Waals surface area contributed by atoms with Gasteiger partial charge >= 0.3 is 0 Å². The Balaban J connectivity index is 1.82. The zero-order chi connectivity index (χ0) is 18.4. The van der Waals surface area contributed by atoms with Crippen LogP contribution < -0.4 is 5.32 Å². The van der Waals surface area contributed by atoms with Crippen LogP contribution in [0.25, 0.3) is 0 Å². The van der Waals surface area contributed by atoms with Crippen LogP contribution in [0.4, 0.5) is 10.1 Å². The van der Waals surface area contributed by atoms with Crippen LogP contribution in [-0.4, -0.2) is 5.91 Å². The average Bonchev–Trinajstić information content (AvgIpc) is 2.69. The van der Waals surface area contributed by atoms with Crippen molar-refractivity contribution in [2.45, 2.75) is 25.7 Å². The molecule has 132 valence electrons. The number of aryl methyl sites for hydroxylation is 1. The van der Waals surface area contributed by atoms with E-state index in [4.69, 9.17) is 0 Å². The third-order valence-corrected chi connectivity index (χ3v) is 4.52. The molecule has 1 N–H and O–H groups in total. The van der Waals surface area contributed by atoms with Crippen LogP contribution in [0.3, 0.4) is 0 Å². The maximum absolute atomic E-state index is 13.4. The average molecular weight is 347 g/mol. The maximum atomic E-state index is 13.4. The van der Waals surface area contributed by atoms with Gasteiger partial charge in [0.1, 0.15) is 5.82 Å². The fraction of sp³-hybridized carbons (Fsp3) is 0.174. The molecule has 0 fully saturated rings. The summed E-state index contributed by atoms with van der Waals surface area (Å²) in [6.07, 6.45) is 0.989. The van der Waals surface area contributed by atoms with Crippen LogP contribution >= 0.6 is 0 Å². The number of carbonyl (C=O) groups is 1. The highest BCUT2D eigenvalue weighted by Crippen LogP contribution is 2.28. The molecule has 0 aromatic heterocycles. The van der Waals surface area contributed by atoms with E-state index in [1.807, 2.05) is 67.6 Å². The summed E-state index contributed by atoms with van der Waals surface area (Å²) in [6, 6.07) is 24.5. The van der Waals surface area contributed by atoms with Gasteiger partial charge < -0.3 is 5.32 Å². The molecule has 0 spiro atoms. The largest absolute Gasteiger partial charge is 0.326 e. The summed E-state index contributed by atoms with van der Waals surface area (Å²) in [5.41, 5.74) is 3.68. The van der Waals surface area contributed by atoms with Gasteiger partial charge in [-0.15, -0.1) is 0 Å². The van der Waals surface area contributed by atoms with Gasteiger partial charge in [0.25, 0.3) is 0 Å². The monoisotopic (exact) mass is 347 g/mol. The standard InChI is InChI=1S/C23H22FNO/c1-2-17-15-20(24)13-14-22(17)25-23(26)16-21(18-9-5-3-6-10-18)19-11-7-4-8-12-19/h3-15,21H,2,16H2,1H3,(H,25,26). The second-order valence-corrected chi connectivity index (χ2v) is 6.28. The molecule has 0 saturated heterocycles. The highest BCUT2D eigenvalue weighted by Gasteiger charge is 2.18. The topological polar surface area (TPSA) is 29.1 Å². The molecule has 26 heavy (non-hydrogen) atoms. The van der Waals surface area contributed by atoms with Crippen molar-refractivity contribution in [1.82, 2.24) is 0 Å². The molecular weight excluding hydrogens is 325 g/mol. The summed E-state index contributed by atoms with van der Waals surface area (Å²) in [6.45, 7) is 1.95. The number of anilines is 1.